The van der Waals surface area contributed by atoms with Crippen molar-refractivity contribution in [2.45, 2.75) is 27.0 Å². The Balaban J connectivity index is 1.95. The second-order valence-electron chi connectivity index (χ2n) is 4.79. The van der Waals surface area contributed by atoms with Gasteiger partial charge < -0.3 is 4.74 Å². The zero-order valence-corrected chi connectivity index (χ0v) is 12.4. The van der Waals surface area contributed by atoms with Crippen molar-refractivity contribution in [3.8, 4) is 10.6 Å². The van der Waals surface area contributed by atoms with Crippen molar-refractivity contribution in [1.29, 1.82) is 0 Å². The third-order valence-electron chi connectivity index (χ3n) is 2.54. The molecule has 106 valence electrons. The van der Waals surface area contributed by atoms with Crippen LogP contribution in [0.4, 0.5) is 0 Å². The largest absolute Gasteiger partial charge is 0.442 e. The molecule has 0 unspecified atom stereocenters. The number of hydrogen-bond acceptors (Lipinski definition) is 5. The van der Waals surface area contributed by atoms with Crippen LogP contribution in [-0.2, 0) is 16.3 Å². The van der Waals surface area contributed by atoms with Crippen LogP contribution in [0.3, 0.4) is 0 Å². The van der Waals surface area contributed by atoms with Crippen molar-refractivity contribution in [2.24, 2.45) is 5.92 Å². The van der Waals surface area contributed by atoms with Gasteiger partial charge in [0, 0.05) is 23.6 Å². The van der Waals surface area contributed by atoms with Gasteiger partial charge in [0.1, 0.15) is 5.01 Å². The molecule has 0 N–H and O–H groups in total. The molecule has 2 rings (SSSR count). The summed E-state index contributed by atoms with van der Waals surface area (Å²) in [6.07, 6.45) is 5.65. The molecule has 0 aliphatic heterocycles. The molecule has 0 amide bonds. The van der Waals surface area contributed by atoms with Crippen LogP contribution in [0.25, 0.3) is 16.6 Å². The number of rotatable bonds is 6. The minimum absolute atomic E-state index is 0.130. The zero-order chi connectivity index (χ0) is 14.5. The smallest absolute Gasteiger partial charge is 0.307 e. The van der Waals surface area contributed by atoms with E-state index in [0.717, 1.165) is 16.3 Å². The number of aromatic nitrogens is 3. The highest BCUT2D eigenvalue weighted by molar-refractivity contribution is 7.13. The van der Waals surface area contributed by atoms with Crippen molar-refractivity contribution in [2.75, 3.05) is 0 Å². The molecule has 2 aromatic heterocycles. The molecule has 0 bridgehead atoms. The Bertz CT molecular complexity index is 601. The van der Waals surface area contributed by atoms with E-state index in [9.17, 15) is 4.79 Å². The van der Waals surface area contributed by atoms with Gasteiger partial charge in [0.25, 0.3) is 0 Å². The molecular weight excluding hydrogens is 274 g/mol. The molecule has 0 aliphatic carbocycles. The maximum Gasteiger partial charge on any atom is 0.307 e. The molecule has 2 aromatic rings. The molecule has 2 heterocycles. The number of nitrogens with zero attached hydrogens (tertiary/aromatic N) is 3. The van der Waals surface area contributed by atoms with Crippen LogP contribution in [0.5, 0.6) is 0 Å². The molecule has 0 atom stereocenters. The lowest BCUT2D eigenvalue weighted by atomic mass is 10.1. The minimum Gasteiger partial charge on any atom is -0.442 e. The van der Waals surface area contributed by atoms with E-state index in [0.29, 0.717) is 12.3 Å². The predicted octanol–water partition coefficient (Wildman–Crippen LogP) is 3.20. The van der Waals surface area contributed by atoms with Crippen molar-refractivity contribution in [3.05, 3.63) is 30.0 Å². The van der Waals surface area contributed by atoms with E-state index in [1.807, 2.05) is 25.4 Å². The van der Waals surface area contributed by atoms with Crippen molar-refractivity contribution >= 4 is 23.4 Å². The SMILES string of the molecule is C=Cc1csc(-c2cnn(COC(=O)CC(C)C)c2)n1. The highest BCUT2D eigenvalue weighted by atomic mass is 32.1. The minimum atomic E-state index is -0.208. The van der Waals surface area contributed by atoms with E-state index >= 15 is 0 Å². The van der Waals surface area contributed by atoms with Crippen LogP contribution in [0.2, 0.25) is 0 Å². The standard InChI is InChI=1S/C14H17N3O2S/c1-4-12-8-20-14(16-12)11-6-15-17(7-11)9-19-13(18)5-10(2)3/h4,6-8,10H,1,5,9H2,2-3H3. The average molecular weight is 291 g/mol. The van der Waals surface area contributed by atoms with Gasteiger partial charge in [-0.1, -0.05) is 20.4 Å². The summed E-state index contributed by atoms with van der Waals surface area (Å²) in [5.41, 5.74) is 1.75. The fourth-order valence-electron chi connectivity index (χ4n) is 1.59. The highest BCUT2D eigenvalue weighted by Crippen LogP contribution is 2.23. The van der Waals surface area contributed by atoms with Crippen molar-refractivity contribution in [3.63, 3.8) is 0 Å². The van der Waals surface area contributed by atoms with Gasteiger partial charge in [0.2, 0.25) is 0 Å². The quantitative estimate of drug-likeness (QED) is 0.767. The molecule has 6 heteroatoms. The van der Waals surface area contributed by atoms with Gasteiger partial charge in [-0.15, -0.1) is 11.3 Å². The Labute approximate surface area is 121 Å². The van der Waals surface area contributed by atoms with Crippen LogP contribution in [0, 0.1) is 5.92 Å². The Morgan fingerprint density at radius 3 is 3.05 bits per heavy atom. The van der Waals surface area contributed by atoms with E-state index in [1.165, 1.54) is 11.3 Å². The number of carbonyl (C=O) groups excluding carboxylic acids is 1. The van der Waals surface area contributed by atoms with Crippen LogP contribution in [-0.4, -0.2) is 20.7 Å². The van der Waals surface area contributed by atoms with E-state index in [2.05, 4.69) is 16.7 Å². The third kappa shape index (κ3) is 3.77. The monoisotopic (exact) mass is 291 g/mol. The molecule has 0 saturated heterocycles. The number of thiazole rings is 1. The van der Waals surface area contributed by atoms with Gasteiger partial charge in [0.05, 0.1) is 11.9 Å². The summed E-state index contributed by atoms with van der Waals surface area (Å²) in [5, 5.41) is 6.97. The first kappa shape index (κ1) is 14.5. The molecule has 20 heavy (non-hydrogen) atoms. The van der Waals surface area contributed by atoms with Gasteiger partial charge >= 0.3 is 5.97 Å². The summed E-state index contributed by atoms with van der Waals surface area (Å²) in [7, 11) is 0. The maximum absolute atomic E-state index is 11.5. The normalized spacial score (nSPS) is 10.8. The van der Waals surface area contributed by atoms with Crippen LogP contribution < -0.4 is 0 Å². The summed E-state index contributed by atoms with van der Waals surface area (Å²) in [6.45, 7) is 7.77. The first-order chi connectivity index (χ1) is 9.58. The van der Waals surface area contributed by atoms with Gasteiger partial charge in [-0.3, -0.25) is 4.79 Å². The van der Waals surface area contributed by atoms with E-state index in [1.54, 1.807) is 17.0 Å². The van der Waals surface area contributed by atoms with Crippen LogP contribution in [0.15, 0.2) is 24.4 Å². The molecule has 0 fully saturated rings. The van der Waals surface area contributed by atoms with Gasteiger partial charge in [-0.2, -0.15) is 5.10 Å². The first-order valence-corrected chi connectivity index (χ1v) is 7.23. The Morgan fingerprint density at radius 1 is 1.60 bits per heavy atom. The van der Waals surface area contributed by atoms with E-state index < -0.39 is 0 Å². The zero-order valence-electron chi connectivity index (χ0n) is 11.6. The molecule has 0 aromatic carbocycles. The average Bonchev–Trinajstić information content (AvgIpc) is 3.04. The highest BCUT2D eigenvalue weighted by Gasteiger charge is 2.09. The fraction of sp³-hybridized carbons (Fsp3) is 0.357. The maximum atomic E-state index is 11.5. The van der Waals surface area contributed by atoms with Gasteiger partial charge in [-0.25, -0.2) is 9.67 Å². The van der Waals surface area contributed by atoms with Crippen LogP contribution in [0.1, 0.15) is 26.0 Å². The van der Waals surface area contributed by atoms with E-state index in [4.69, 9.17) is 4.74 Å². The topological polar surface area (TPSA) is 57.0 Å². The summed E-state index contributed by atoms with van der Waals surface area (Å²) in [5.74, 6) is 0.0866. The van der Waals surface area contributed by atoms with Crippen molar-refractivity contribution in [1.82, 2.24) is 14.8 Å². The summed E-state index contributed by atoms with van der Waals surface area (Å²) in [6, 6.07) is 0. The molecular formula is C14H17N3O2S. The van der Waals surface area contributed by atoms with Crippen LogP contribution >= 0.6 is 11.3 Å². The molecule has 0 aliphatic rings. The molecule has 5 nitrogen and oxygen atoms in total. The summed E-state index contributed by atoms with van der Waals surface area (Å²) in [4.78, 5) is 15.8. The van der Waals surface area contributed by atoms with Gasteiger partial charge in [0.15, 0.2) is 6.73 Å². The second kappa shape index (κ2) is 6.47. The molecule has 0 spiro atoms. The number of esters is 1. The number of hydrogen-bond donors (Lipinski definition) is 0. The first-order valence-electron chi connectivity index (χ1n) is 6.35. The van der Waals surface area contributed by atoms with E-state index in [-0.39, 0.29) is 12.7 Å². The predicted molar refractivity (Wildman–Crippen MR) is 79.0 cm³/mol. The Hall–Kier alpha value is -1.95. The molecule has 0 saturated carbocycles. The van der Waals surface area contributed by atoms with Gasteiger partial charge in [-0.05, 0) is 12.0 Å². The lowest BCUT2D eigenvalue weighted by Crippen LogP contribution is -2.11. The number of carbonyl (C=O) groups is 1. The fourth-order valence-corrected chi connectivity index (χ4v) is 2.37. The lowest BCUT2D eigenvalue weighted by molar-refractivity contribution is -0.148. The number of ether oxygens (including phenoxy) is 1. The second-order valence-corrected chi connectivity index (χ2v) is 5.65. The lowest BCUT2D eigenvalue weighted by Gasteiger charge is -2.06. The Kier molecular flexibility index (Phi) is 4.68. The molecule has 0 radical (unpaired) electrons. The Morgan fingerprint density at radius 2 is 2.40 bits per heavy atom. The summed E-state index contributed by atoms with van der Waals surface area (Å²) >= 11 is 1.53. The summed E-state index contributed by atoms with van der Waals surface area (Å²) < 4.78 is 6.73. The third-order valence-corrected chi connectivity index (χ3v) is 3.45. The van der Waals surface area contributed by atoms with Crippen molar-refractivity contribution < 1.29 is 9.53 Å².